The van der Waals surface area contributed by atoms with Gasteiger partial charge in [-0.05, 0) is 110 Å². The Morgan fingerprint density at radius 1 is 0.418 bits per heavy atom. The largest absolute Gasteiger partial charge is 0.394 e. The molecule has 79 heavy (non-hydrogen) atoms. The van der Waals surface area contributed by atoms with Crippen molar-refractivity contribution < 1.29 is 58.2 Å². The van der Waals surface area contributed by atoms with E-state index < -0.39 is 126 Å². The van der Waals surface area contributed by atoms with Gasteiger partial charge >= 0.3 is 0 Å². The molecule has 0 spiro atoms. The van der Waals surface area contributed by atoms with Crippen LogP contribution in [0.4, 0.5) is 0 Å². The van der Waals surface area contributed by atoms with Gasteiger partial charge in [-0.3, -0.25) is 62.9 Å². The van der Waals surface area contributed by atoms with Crippen LogP contribution in [0.25, 0.3) is 0 Å². The van der Waals surface area contributed by atoms with Gasteiger partial charge < -0.3 is 110 Å². The van der Waals surface area contributed by atoms with Crippen LogP contribution in [0.3, 0.4) is 0 Å². The number of hydrogen-bond acceptors (Lipinski definition) is 17. The van der Waals surface area contributed by atoms with Gasteiger partial charge in [0.25, 0.3) is 0 Å². The summed E-state index contributed by atoms with van der Waals surface area (Å²) in [6.07, 6.45) is 0.183. The Morgan fingerprint density at radius 3 is 1.01 bits per heavy atom. The summed E-state index contributed by atoms with van der Waals surface area (Å²) >= 11 is 0. The third-order valence-electron chi connectivity index (χ3n) is 11.7. The number of aliphatic hydroxyl groups excluding tert-OH is 2. The molecule has 0 heterocycles. The molecule has 450 valence electrons. The number of aliphatic hydroxyl groups is 2. The third-order valence-corrected chi connectivity index (χ3v) is 11.7. The van der Waals surface area contributed by atoms with Crippen molar-refractivity contribution in [3.63, 3.8) is 0 Å². The maximum Gasteiger partial charge on any atom is 0.245 e. The molecule has 0 aromatic heterocycles. The number of hydrogen-bond donors (Lipinski definition) is 20. The first-order valence-corrected chi connectivity index (χ1v) is 26.1. The first-order chi connectivity index (χ1) is 37.2. The third kappa shape index (κ3) is 30.8. The molecule has 0 aliphatic carbocycles. The van der Waals surface area contributed by atoms with Gasteiger partial charge in [0.1, 0.15) is 54.4 Å². The number of carbonyl (C=O) groups is 10. The summed E-state index contributed by atoms with van der Waals surface area (Å²) in [7, 11) is 0. The van der Waals surface area contributed by atoms with Gasteiger partial charge in [-0.1, -0.05) is 6.92 Å². The molecular formula is C46H89N21O12. The number of nitrogens with zero attached hydrogens (tertiary/aromatic N) is 3. The van der Waals surface area contributed by atoms with E-state index >= 15 is 0 Å². The first kappa shape index (κ1) is 71.3. The predicted molar refractivity (Wildman–Crippen MR) is 293 cm³/mol. The van der Waals surface area contributed by atoms with Crippen LogP contribution in [-0.4, -0.2) is 187 Å². The normalized spacial score (nSPS) is 14.6. The molecule has 0 saturated carbocycles. The van der Waals surface area contributed by atoms with Crippen LogP contribution in [0.1, 0.15) is 111 Å². The molecule has 0 aliphatic rings. The topological polar surface area (TPSA) is 591 Å². The smallest absolute Gasteiger partial charge is 0.245 e. The summed E-state index contributed by atoms with van der Waals surface area (Å²) in [6.45, 7) is 4.99. The molecule has 0 radical (unpaired) electrons. The molecular weight excluding hydrogens is 1040 g/mol. The van der Waals surface area contributed by atoms with Gasteiger partial charge in [-0.2, -0.15) is 0 Å². The van der Waals surface area contributed by atoms with Crippen LogP contribution >= 0.6 is 0 Å². The molecule has 0 aromatic carbocycles. The quantitative estimate of drug-likeness (QED) is 0.0154. The number of carbonyl (C=O) groups excluding carboxylic acids is 10. The van der Waals surface area contributed by atoms with Crippen molar-refractivity contribution in [1.29, 1.82) is 0 Å². The van der Waals surface area contributed by atoms with Crippen molar-refractivity contribution in [2.24, 2.45) is 66.6 Å². The number of nitrogens with one attached hydrogen (secondary N) is 9. The van der Waals surface area contributed by atoms with Crippen molar-refractivity contribution in [1.82, 2.24) is 47.9 Å². The summed E-state index contributed by atoms with van der Waals surface area (Å²) < 4.78 is 0. The van der Waals surface area contributed by atoms with Crippen molar-refractivity contribution in [2.45, 2.75) is 172 Å². The highest BCUT2D eigenvalue weighted by molar-refractivity contribution is 5.98. The van der Waals surface area contributed by atoms with Crippen LogP contribution in [0.15, 0.2) is 15.0 Å². The fourth-order valence-corrected chi connectivity index (χ4v) is 7.35. The summed E-state index contributed by atoms with van der Waals surface area (Å²) in [5, 5.41) is 42.3. The highest BCUT2D eigenvalue weighted by Crippen LogP contribution is 2.11. The van der Waals surface area contributed by atoms with Crippen molar-refractivity contribution in [3.05, 3.63) is 0 Å². The molecule has 0 aliphatic heterocycles. The Labute approximate surface area is 459 Å². The van der Waals surface area contributed by atoms with Crippen LogP contribution in [-0.2, 0) is 47.9 Å². The van der Waals surface area contributed by atoms with Gasteiger partial charge in [-0.25, -0.2) is 0 Å². The zero-order valence-electron chi connectivity index (χ0n) is 45.7. The second-order valence-corrected chi connectivity index (χ2v) is 18.5. The summed E-state index contributed by atoms with van der Waals surface area (Å²) in [5.41, 5.74) is 49.7. The van der Waals surface area contributed by atoms with E-state index in [-0.39, 0.29) is 108 Å². The highest BCUT2D eigenvalue weighted by Gasteiger charge is 2.35. The number of aliphatic imine (C=N–C) groups is 3. The van der Waals surface area contributed by atoms with Gasteiger partial charge in [0.05, 0.1) is 12.7 Å². The number of unbranched alkanes of at least 4 members (excludes halogenated alkanes) is 2. The van der Waals surface area contributed by atoms with Crippen LogP contribution < -0.4 is 99.5 Å². The van der Waals surface area contributed by atoms with Crippen molar-refractivity contribution >= 4 is 77.0 Å². The Morgan fingerprint density at radius 2 is 0.722 bits per heavy atom. The molecule has 10 atom stereocenters. The van der Waals surface area contributed by atoms with E-state index in [0.29, 0.717) is 25.7 Å². The second kappa shape index (κ2) is 39.7. The lowest BCUT2D eigenvalue weighted by Crippen LogP contribution is -2.60. The molecule has 33 nitrogen and oxygen atoms in total. The highest BCUT2D eigenvalue weighted by atomic mass is 16.3. The summed E-state index contributed by atoms with van der Waals surface area (Å²) in [6, 6.07) is -12.3. The number of nitrogens with two attached hydrogens (primary N) is 9. The minimum Gasteiger partial charge on any atom is -0.394 e. The number of guanidine groups is 3. The zero-order chi connectivity index (χ0) is 60.2. The van der Waals surface area contributed by atoms with E-state index in [4.69, 9.17) is 51.6 Å². The number of amides is 10. The minimum atomic E-state index is -1.52. The predicted octanol–water partition coefficient (Wildman–Crippen LogP) is -8.92. The molecule has 0 unspecified atom stereocenters. The molecule has 0 fully saturated rings. The maximum atomic E-state index is 14.3. The first-order valence-electron chi connectivity index (χ1n) is 26.1. The SMILES string of the molecule is CC[C@H](NC(=O)[C@H](CCCN=C(N)N)NC(=O)[C@H](C)NC(=O)[C@@H](CO)NC(C)=O)C(=O)N[C@@H](CCCN=C(N)N)C(=O)N[C@@H](CCCCN)C(=O)N[C@@H](CCCCN)C(=O)N[C@@H](CCCN=C(N)N)C(=O)N[C@H](C(N)=O)[C@@H](C)O. The van der Waals surface area contributed by atoms with Gasteiger partial charge in [0, 0.05) is 26.6 Å². The number of primary amides is 1. The molecule has 33 heteroatoms. The Hall–Kier alpha value is -7.65. The maximum absolute atomic E-state index is 14.3. The Bertz CT molecular complexity index is 2070. The second-order valence-electron chi connectivity index (χ2n) is 18.5. The minimum absolute atomic E-state index is 0.00615. The van der Waals surface area contributed by atoms with E-state index in [1.165, 1.54) is 13.8 Å². The molecule has 0 rings (SSSR count). The zero-order valence-corrected chi connectivity index (χ0v) is 45.7. The fraction of sp³-hybridized carbons (Fsp3) is 0.717. The van der Waals surface area contributed by atoms with Crippen LogP contribution in [0.2, 0.25) is 0 Å². The molecule has 0 saturated heterocycles. The van der Waals surface area contributed by atoms with Crippen LogP contribution in [0, 0.1) is 0 Å². The van der Waals surface area contributed by atoms with Gasteiger partial charge in [0.15, 0.2) is 17.9 Å². The lowest BCUT2D eigenvalue weighted by Gasteiger charge is -2.28. The van der Waals surface area contributed by atoms with Gasteiger partial charge in [-0.15, -0.1) is 0 Å². The average Bonchev–Trinajstić information content (AvgIpc) is 3.37. The lowest BCUT2D eigenvalue weighted by molar-refractivity contribution is -0.136. The fourth-order valence-electron chi connectivity index (χ4n) is 7.35. The molecule has 0 bridgehead atoms. The van der Waals surface area contributed by atoms with E-state index in [1.54, 1.807) is 6.92 Å². The summed E-state index contributed by atoms with van der Waals surface area (Å²) in [4.78, 5) is 145. The van der Waals surface area contributed by atoms with E-state index in [2.05, 4.69) is 62.8 Å². The van der Waals surface area contributed by atoms with Crippen molar-refractivity contribution in [3.8, 4) is 0 Å². The molecule has 29 N–H and O–H groups in total. The lowest BCUT2D eigenvalue weighted by atomic mass is 10.0. The van der Waals surface area contributed by atoms with E-state index in [0.717, 1.165) is 6.92 Å². The van der Waals surface area contributed by atoms with Gasteiger partial charge in [0.2, 0.25) is 59.1 Å². The number of rotatable bonds is 41. The average molecular weight is 1130 g/mol. The van der Waals surface area contributed by atoms with E-state index in [1.807, 2.05) is 0 Å². The summed E-state index contributed by atoms with van der Waals surface area (Å²) in [5.74, 6) is -9.24. The standard InChI is InChI=1S/C46H89N21O12/c1-5-27(61-38(74)30(15-10-20-56-44(50)51)62-36(72)24(2)59-43(79)33(23-68)60-26(4)70)37(73)63-31(16-11-21-57-45(52)53)41(77)65-28(13-6-8-18-47)39(75)64-29(14-7-9-19-48)40(76)66-32(17-12-22-58-46(54)55)42(78)67-34(25(3)69)35(49)71/h24-25,27-34,68-69H,5-23,47-48H2,1-4H3,(H2,49,71)(H,59,79)(H,60,70)(H,61,74)(H,62,72)(H,63,73)(H,64,75)(H,65,77)(H,66,76)(H,67,78)(H4,50,51,56)(H4,52,53,57)(H4,54,55,58)/t24-,25+,27-,28-,29-,30-,31-,32-,33+,34-/m0/s1. The van der Waals surface area contributed by atoms with E-state index in [9.17, 15) is 58.2 Å². The van der Waals surface area contributed by atoms with Crippen LogP contribution in [0.5, 0.6) is 0 Å². The molecule has 10 amide bonds. The Kier molecular flexibility index (Phi) is 35.8. The van der Waals surface area contributed by atoms with Crippen molar-refractivity contribution in [2.75, 3.05) is 39.3 Å². The Balaban J connectivity index is 6.88. The monoisotopic (exact) mass is 1130 g/mol. The molecule has 0 aromatic rings.